The van der Waals surface area contributed by atoms with E-state index in [9.17, 15) is 8.42 Å². The molecule has 0 aliphatic rings. The van der Waals surface area contributed by atoms with Crippen LogP contribution < -0.4 is 4.72 Å². The van der Waals surface area contributed by atoms with Crippen molar-refractivity contribution in [2.75, 3.05) is 4.72 Å². The molecule has 3 aromatic rings. The zero-order chi connectivity index (χ0) is 14.2. The van der Waals surface area contributed by atoms with Crippen molar-refractivity contribution in [3.05, 3.63) is 48.4 Å². The third kappa shape index (κ3) is 2.12. The molecule has 1 aromatic carbocycles. The van der Waals surface area contributed by atoms with Gasteiger partial charge in [0.15, 0.2) is 0 Å². The molecule has 0 radical (unpaired) electrons. The highest BCUT2D eigenvalue weighted by molar-refractivity contribution is 7.92. The van der Waals surface area contributed by atoms with Gasteiger partial charge < -0.3 is 0 Å². The highest BCUT2D eigenvalue weighted by Crippen LogP contribution is 2.26. The Hall–Kier alpha value is -2.41. The second-order valence-corrected chi connectivity index (χ2v) is 6.05. The molecule has 0 aliphatic carbocycles. The van der Waals surface area contributed by atoms with Crippen molar-refractivity contribution in [1.82, 2.24) is 15.2 Å². The van der Waals surface area contributed by atoms with Crippen molar-refractivity contribution >= 4 is 26.6 Å². The molecule has 0 amide bonds. The smallest absolute Gasteiger partial charge is 0.265 e. The summed E-state index contributed by atoms with van der Waals surface area (Å²) in [5.74, 6) is 0. The molecule has 2 aromatic heterocycles. The van der Waals surface area contributed by atoms with Crippen LogP contribution in [0.25, 0.3) is 10.9 Å². The Morgan fingerprint density at radius 3 is 2.85 bits per heavy atom. The molecule has 0 atom stereocenters. The summed E-state index contributed by atoms with van der Waals surface area (Å²) in [5, 5.41) is 6.90. The number of aromatic amines is 1. The first-order chi connectivity index (χ1) is 9.58. The molecule has 3 rings (SSSR count). The van der Waals surface area contributed by atoms with Crippen molar-refractivity contribution in [3.63, 3.8) is 0 Å². The van der Waals surface area contributed by atoms with Crippen molar-refractivity contribution < 1.29 is 8.42 Å². The molecule has 0 spiro atoms. The molecule has 6 nitrogen and oxygen atoms in total. The summed E-state index contributed by atoms with van der Waals surface area (Å²) in [7, 11) is -3.65. The van der Waals surface area contributed by atoms with Gasteiger partial charge in [-0.05, 0) is 30.7 Å². The molecule has 7 heteroatoms. The summed E-state index contributed by atoms with van der Waals surface area (Å²) < 4.78 is 27.0. The summed E-state index contributed by atoms with van der Waals surface area (Å²) in [4.78, 5) is 4.37. The van der Waals surface area contributed by atoms with Gasteiger partial charge in [0.05, 0.1) is 17.4 Å². The molecular weight excluding hydrogens is 276 g/mol. The Morgan fingerprint density at radius 2 is 2.10 bits per heavy atom. The first-order valence-corrected chi connectivity index (χ1v) is 7.42. The minimum Gasteiger partial charge on any atom is -0.284 e. The van der Waals surface area contributed by atoms with Crippen LogP contribution in [-0.4, -0.2) is 23.6 Å². The Balaban J connectivity index is 2.11. The molecule has 0 aliphatic heterocycles. The molecule has 2 N–H and O–H groups in total. The van der Waals surface area contributed by atoms with Crippen LogP contribution in [0.15, 0.2) is 47.8 Å². The molecular formula is C13H12N4O2S. The Labute approximate surface area is 115 Å². The van der Waals surface area contributed by atoms with E-state index in [1.54, 1.807) is 18.3 Å². The van der Waals surface area contributed by atoms with Crippen LogP contribution >= 0.6 is 0 Å². The largest absolute Gasteiger partial charge is 0.284 e. The highest BCUT2D eigenvalue weighted by Gasteiger charge is 2.17. The number of sulfonamides is 1. The van der Waals surface area contributed by atoms with Crippen LogP contribution in [0.2, 0.25) is 0 Å². The van der Waals surface area contributed by atoms with E-state index in [1.165, 1.54) is 12.4 Å². The van der Waals surface area contributed by atoms with Crippen molar-refractivity contribution in [1.29, 1.82) is 0 Å². The third-order valence-corrected chi connectivity index (χ3v) is 4.33. The van der Waals surface area contributed by atoms with E-state index >= 15 is 0 Å². The zero-order valence-electron chi connectivity index (χ0n) is 10.7. The predicted molar refractivity (Wildman–Crippen MR) is 75.9 cm³/mol. The van der Waals surface area contributed by atoms with Gasteiger partial charge in [0.25, 0.3) is 10.0 Å². The fourth-order valence-electron chi connectivity index (χ4n) is 1.99. The number of nitrogens with zero attached hydrogens (tertiary/aromatic N) is 2. The normalized spacial score (nSPS) is 11.7. The van der Waals surface area contributed by atoms with Gasteiger partial charge in [-0.3, -0.25) is 14.8 Å². The van der Waals surface area contributed by atoms with Crippen LogP contribution in [0.3, 0.4) is 0 Å². The number of hydrogen-bond acceptors (Lipinski definition) is 4. The first kappa shape index (κ1) is 12.6. The Bertz CT molecular complexity index is 857. The monoisotopic (exact) mass is 288 g/mol. The molecule has 0 saturated carbocycles. The maximum absolute atomic E-state index is 12.2. The van der Waals surface area contributed by atoms with Gasteiger partial charge >= 0.3 is 0 Å². The lowest BCUT2D eigenvalue weighted by molar-refractivity contribution is 0.601. The quantitative estimate of drug-likeness (QED) is 0.772. The van der Waals surface area contributed by atoms with Crippen LogP contribution in [0.1, 0.15) is 5.56 Å². The van der Waals surface area contributed by atoms with Gasteiger partial charge in [0.2, 0.25) is 0 Å². The van der Waals surface area contributed by atoms with Crippen LogP contribution in [0, 0.1) is 6.92 Å². The number of rotatable bonds is 3. The molecule has 0 fully saturated rings. The zero-order valence-corrected chi connectivity index (χ0v) is 11.5. The minimum atomic E-state index is -3.65. The van der Waals surface area contributed by atoms with E-state index in [0.29, 0.717) is 5.69 Å². The fraction of sp³-hybridized carbons (Fsp3) is 0.0769. The summed E-state index contributed by atoms with van der Waals surface area (Å²) >= 11 is 0. The van der Waals surface area contributed by atoms with Gasteiger partial charge in [-0.25, -0.2) is 8.42 Å². The first-order valence-electron chi connectivity index (χ1n) is 5.94. The van der Waals surface area contributed by atoms with Crippen molar-refractivity contribution in [2.45, 2.75) is 11.8 Å². The Kier molecular flexibility index (Phi) is 2.90. The molecule has 2 heterocycles. The van der Waals surface area contributed by atoms with E-state index < -0.39 is 10.0 Å². The number of pyridine rings is 1. The number of anilines is 1. The molecule has 20 heavy (non-hydrogen) atoms. The van der Waals surface area contributed by atoms with E-state index in [2.05, 4.69) is 19.9 Å². The number of fused-ring (bicyclic) bond motifs is 1. The van der Waals surface area contributed by atoms with Crippen LogP contribution in [0.5, 0.6) is 0 Å². The summed E-state index contributed by atoms with van der Waals surface area (Å²) in [6.45, 7) is 1.93. The lowest BCUT2D eigenvalue weighted by atomic mass is 10.1. The lowest BCUT2D eigenvalue weighted by Gasteiger charge is -2.10. The van der Waals surface area contributed by atoms with Crippen molar-refractivity contribution in [3.8, 4) is 0 Å². The standard InChI is InChI=1S/C13H12N4O2S/c1-9-4-5-12(11-3-2-6-14-13(9)11)17-20(18,19)10-7-15-16-8-10/h2-8,17H,1H3,(H,15,16). The summed E-state index contributed by atoms with van der Waals surface area (Å²) in [6, 6.07) is 7.18. The maximum atomic E-state index is 12.2. The van der Waals surface area contributed by atoms with Gasteiger partial charge in [-0.2, -0.15) is 5.10 Å². The number of H-pyrrole nitrogens is 1. The second kappa shape index (κ2) is 4.61. The number of hydrogen-bond donors (Lipinski definition) is 2. The fourth-order valence-corrected chi connectivity index (χ4v) is 2.98. The van der Waals surface area contributed by atoms with Gasteiger partial charge in [-0.15, -0.1) is 0 Å². The third-order valence-electron chi connectivity index (χ3n) is 3.00. The number of aryl methyl sites for hydroxylation is 1. The number of aromatic nitrogens is 3. The summed E-state index contributed by atoms with van der Waals surface area (Å²) in [5.41, 5.74) is 2.27. The Morgan fingerprint density at radius 1 is 1.25 bits per heavy atom. The highest BCUT2D eigenvalue weighted by atomic mass is 32.2. The predicted octanol–water partition coefficient (Wildman–Crippen LogP) is 2.07. The van der Waals surface area contributed by atoms with Crippen LogP contribution in [0.4, 0.5) is 5.69 Å². The summed E-state index contributed by atoms with van der Waals surface area (Å²) in [6.07, 6.45) is 4.28. The molecule has 0 saturated heterocycles. The molecule has 0 bridgehead atoms. The average molecular weight is 288 g/mol. The SMILES string of the molecule is Cc1ccc(NS(=O)(=O)c2cn[nH]c2)c2cccnc12. The second-order valence-electron chi connectivity index (χ2n) is 4.37. The van der Waals surface area contributed by atoms with Crippen molar-refractivity contribution in [2.24, 2.45) is 0 Å². The molecule has 102 valence electrons. The van der Waals surface area contributed by atoms with Gasteiger partial charge in [-0.1, -0.05) is 6.07 Å². The van der Waals surface area contributed by atoms with Gasteiger partial charge in [0.1, 0.15) is 4.90 Å². The number of benzene rings is 1. The average Bonchev–Trinajstić information content (AvgIpc) is 2.97. The van der Waals surface area contributed by atoms with E-state index in [1.807, 2.05) is 19.1 Å². The topological polar surface area (TPSA) is 87.7 Å². The van der Waals surface area contributed by atoms with E-state index in [0.717, 1.165) is 16.5 Å². The molecule has 0 unspecified atom stereocenters. The van der Waals surface area contributed by atoms with Gasteiger partial charge in [0, 0.05) is 17.8 Å². The maximum Gasteiger partial charge on any atom is 0.265 e. The lowest BCUT2D eigenvalue weighted by Crippen LogP contribution is -2.12. The van der Waals surface area contributed by atoms with E-state index in [-0.39, 0.29) is 4.90 Å². The minimum absolute atomic E-state index is 0.0927. The number of nitrogens with one attached hydrogen (secondary N) is 2. The van der Waals surface area contributed by atoms with E-state index in [4.69, 9.17) is 0 Å². The van der Waals surface area contributed by atoms with Crippen LogP contribution in [-0.2, 0) is 10.0 Å².